The smallest absolute Gasteiger partial charge is 0.413 e. The first-order chi connectivity index (χ1) is 26.5. The van der Waals surface area contributed by atoms with E-state index in [4.69, 9.17) is 16.2 Å². The molecule has 0 aliphatic carbocycles. The summed E-state index contributed by atoms with van der Waals surface area (Å²) >= 11 is 0. The van der Waals surface area contributed by atoms with Crippen LogP contribution in [0.1, 0.15) is 69.1 Å². The fourth-order valence-corrected chi connectivity index (χ4v) is 7.20. The number of nitrogens with two attached hydrogens (primary N) is 2. The Hall–Kier alpha value is -5.34. The third-order valence-electron chi connectivity index (χ3n) is 10.1. The number of amides is 5. The van der Waals surface area contributed by atoms with Crippen LogP contribution in [0.4, 0.5) is 10.6 Å². The molecule has 0 saturated carbocycles. The van der Waals surface area contributed by atoms with Gasteiger partial charge >= 0.3 is 6.09 Å². The van der Waals surface area contributed by atoms with Crippen LogP contribution in [-0.4, -0.2) is 83.4 Å². The highest BCUT2D eigenvalue weighted by atomic mass is 16.6. The minimum absolute atomic E-state index is 0.00671. The summed E-state index contributed by atoms with van der Waals surface area (Å²) in [6.07, 6.45) is 4.11. The molecular formula is C41H54N8O6. The fourth-order valence-electron chi connectivity index (χ4n) is 7.20. The predicted octanol–water partition coefficient (Wildman–Crippen LogP) is 2.90. The number of nitrogens with one attached hydrogen (secondary N) is 4. The van der Waals surface area contributed by atoms with Crippen molar-refractivity contribution in [1.29, 1.82) is 0 Å². The highest BCUT2D eigenvalue weighted by molar-refractivity contribution is 5.95. The van der Waals surface area contributed by atoms with Crippen molar-refractivity contribution >= 4 is 35.5 Å². The molecule has 4 unspecified atom stereocenters. The van der Waals surface area contributed by atoms with Gasteiger partial charge in [0.25, 0.3) is 0 Å². The van der Waals surface area contributed by atoms with Gasteiger partial charge in [-0.15, -0.1) is 0 Å². The van der Waals surface area contributed by atoms with E-state index >= 15 is 0 Å². The Morgan fingerprint density at radius 3 is 2.05 bits per heavy atom. The maximum Gasteiger partial charge on any atom is 0.413 e. The Labute approximate surface area is 322 Å². The Morgan fingerprint density at radius 1 is 0.818 bits per heavy atom. The minimum atomic E-state index is -1.02. The number of rotatable bonds is 17. The number of carbonyl (C=O) groups is 5. The van der Waals surface area contributed by atoms with Crippen molar-refractivity contribution in [1.82, 2.24) is 25.8 Å². The standard InChI is InChI=1S/C41H54N8O6/c1-27(2)24-33(47-38(52)34(26-29-14-7-4-8-15-29)46-36(50)31(43)25-28-12-5-3-6-13-28)37(51)45-32(17-9-10-20-42)39(53)49-22-18-41(19-23-49)30-16-11-21-44-35(30)48-40(54)55-41/h3-8,11-16,21,27,31-34H,9-10,17-20,22-26,42-43H2,1-2H3,(H,45,51)(H,46,50)(H,47,52)(H,44,48,54). The van der Waals surface area contributed by atoms with Gasteiger partial charge in [-0.25, -0.2) is 9.78 Å². The van der Waals surface area contributed by atoms with Gasteiger partial charge in [-0.1, -0.05) is 74.5 Å². The lowest BCUT2D eigenvalue weighted by atomic mass is 9.83. The molecule has 1 fully saturated rings. The summed E-state index contributed by atoms with van der Waals surface area (Å²) in [5.41, 5.74) is 13.6. The normalized spacial score (nSPS) is 16.8. The molecule has 1 saturated heterocycles. The van der Waals surface area contributed by atoms with Gasteiger partial charge in [-0.2, -0.15) is 0 Å². The van der Waals surface area contributed by atoms with Crippen LogP contribution >= 0.6 is 0 Å². The monoisotopic (exact) mass is 754 g/mol. The Bertz CT molecular complexity index is 1770. The Morgan fingerprint density at radius 2 is 1.42 bits per heavy atom. The van der Waals surface area contributed by atoms with Gasteiger partial charge in [0.2, 0.25) is 23.6 Å². The Kier molecular flexibility index (Phi) is 14.3. The molecule has 14 heteroatoms. The third kappa shape index (κ3) is 11.1. The first-order valence-electron chi connectivity index (χ1n) is 19.2. The van der Waals surface area contributed by atoms with E-state index in [-0.39, 0.29) is 24.7 Å². The second-order valence-corrected chi connectivity index (χ2v) is 14.8. The number of piperidine rings is 1. The number of pyridine rings is 1. The summed E-state index contributed by atoms with van der Waals surface area (Å²) in [7, 11) is 0. The van der Waals surface area contributed by atoms with E-state index in [1.807, 2.05) is 80.6 Å². The van der Waals surface area contributed by atoms with Crippen LogP contribution in [0.5, 0.6) is 0 Å². The maximum absolute atomic E-state index is 14.1. The van der Waals surface area contributed by atoms with Crippen LogP contribution in [0.15, 0.2) is 79.0 Å². The van der Waals surface area contributed by atoms with Crippen molar-refractivity contribution in [3.05, 3.63) is 95.7 Å². The van der Waals surface area contributed by atoms with Gasteiger partial charge in [0.15, 0.2) is 0 Å². The van der Waals surface area contributed by atoms with Gasteiger partial charge in [-0.3, -0.25) is 24.5 Å². The van der Waals surface area contributed by atoms with Crippen LogP contribution in [0.3, 0.4) is 0 Å². The first-order valence-corrected chi connectivity index (χ1v) is 19.2. The third-order valence-corrected chi connectivity index (χ3v) is 10.1. The molecular weight excluding hydrogens is 701 g/mol. The van der Waals surface area contributed by atoms with Crippen LogP contribution in [0, 0.1) is 5.92 Å². The number of fused-ring (bicyclic) bond motifs is 2. The number of carbonyl (C=O) groups excluding carboxylic acids is 5. The lowest BCUT2D eigenvalue weighted by Gasteiger charge is -2.44. The number of aromatic nitrogens is 1. The molecule has 2 aliphatic heterocycles. The lowest BCUT2D eigenvalue weighted by Crippen LogP contribution is -2.59. The van der Waals surface area contributed by atoms with E-state index in [2.05, 4.69) is 26.3 Å². The number of benzene rings is 2. The largest absolute Gasteiger partial charge is 0.437 e. The number of unbranched alkanes of at least 4 members (excludes halogenated alkanes) is 1. The van der Waals surface area contributed by atoms with Crippen LogP contribution in [-0.2, 0) is 42.4 Å². The second-order valence-electron chi connectivity index (χ2n) is 14.8. The molecule has 1 spiro atoms. The molecule has 2 aliphatic rings. The zero-order valence-corrected chi connectivity index (χ0v) is 31.7. The maximum atomic E-state index is 14.1. The fraction of sp³-hybridized carbons (Fsp3) is 0.463. The molecule has 3 aromatic rings. The molecule has 0 bridgehead atoms. The van der Waals surface area contributed by atoms with E-state index in [0.717, 1.165) is 16.7 Å². The SMILES string of the molecule is CC(C)CC(NC(=O)C(Cc1ccccc1)NC(=O)C(N)Cc1ccccc1)C(=O)NC(CCCCN)C(=O)N1CCC2(CC1)OC(=O)Nc1ncccc12. The van der Waals surface area contributed by atoms with Crippen molar-refractivity contribution in [3.8, 4) is 0 Å². The molecule has 0 radical (unpaired) electrons. The molecule has 55 heavy (non-hydrogen) atoms. The van der Waals surface area contributed by atoms with Crippen LogP contribution < -0.4 is 32.7 Å². The first kappa shape index (κ1) is 40.8. The molecule has 294 valence electrons. The van der Waals surface area contributed by atoms with Crippen molar-refractivity contribution in [2.24, 2.45) is 17.4 Å². The topological polar surface area (TPSA) is 211 Å². The molecule has 1 aromatic heterocycles. The lowest BCUT2D eigenvalue weighted by molar-refractivity contribution is -0.141. The number of hydrogen-bond donors (Lipinski definition) is 6. The molecule has 8 N–H and O–H groups in total. The molecule has 5 rings (SSSR count). The van der Waals surface area contributed by atoms with Gasteiger partial charge in [-0.05, 0) is 67.8 Å². The summed E-state index contributed by atoms with van der Waals surface area (Å²) in [5.74, 6) is -1.33. The van der Waals surface area contributed by atoms with Gasteiger partial charge in [0.05, 0.1) is 6.04 Å². The van der Waals surface area contributed by atoms with Gasteiger partial charge in [0.1, 0.15) is 29.5 Å². The summed E-state index contributed by atoms with van der Waals surface area (Å²) < 4.78 is 5.81. The molecule has 5 amide bonds. The van der Waals surface area contributed by atoms with E-state index in [1.54, 1.807) is 17.2 Å². The highest BCUT2D eigenvalue weighted by Crippen LogP contribution is 2.42. The predicted molar refractivity (Wildman–Crippen MR) is 208 cm³/mol. The van der Waals surface area contributed by atoms with Crippen molar-refractivity contribution in [2.45, 2.75) is 95.0 Å². The van der Waals surface area contributed by atoms with Crippen molar-refractivity contribution in [3.63, 3.8) is 0 Å². The van der Waals surface area contributed by atoms with E-state index in [0.29, 0.717) is 64.0 Å². The van der Waals surface area contributed by atoms with E-state index in [9.17, 15) is 24.0 Å². The zero-order chi connectivity index (χ0) is 39.4. The summed E-state index contributed by atoms with van der Waals surface area (Å²) in [4.78, 5) is 73.9. The quantitative estimate of drug-likeness (QED) is 0.112. The summed E-state index contributed by atoms with van der Waals surface area (Å²) in [6, 6.07) is 18.5. The molecule has 4 atom stereocenters. The van der Waals surface area contributed by atoms with E-state index < -0.39 is 53.6 Å². The molecule has 14 nitrogen and oxygen atoms in total. The number of likely N-dealkylation sites (tertiary alicyclic amines) is 1. The van der Waals surface area contributed by atoms with Gasteiger partial charge in [0, 0.05) is 44.1 Å². The van der Waals surface area contributed by atoms with E-state index in [1.165, 1.54) is 0 Å². The van der Waals surface area contributed by atoms with Crippen LogP contribution in [0.2, 0.25) is 0 Å². The molecule has 3 heterocycles. The van der Waals surface area contributed by atoms with Crippen molar-refractivity contribution in [2.75, 3.05) is 25.0 Å². The highest BCUT2D eigenvalue weighted by Gasteiger charge is 2.46. The number of ether oxygens (including phenoxy) is 1. The summed E-state index contributed by atoms with van der Waals surface area (Å²) in [6.45, 7) is 4.90. The minimum Gasteiger partial charge on any atom is -0.437 e. The Balaban J connectivity index is 1.28. The second kappa shape index (κ2) is 19.3. The number of anilines is 1. The average Bonchev–Trinajstić information content (AvgIpc) is 3.17. The average molecular weight is 755 g/mol. The van der Waals surface area contributed by atoms with Crippen molar-refractivity contribution < 1.29 is 28.7 Å². The van der Waals surface area contributed by atoms with Gasteiger partial charge < -0.3 is 37.1 Å². The molecule has 2 aromatic carbocycles. The van der Waals surface area contributed by atoms with Crippen LogP contribution in [0.25, 0.3) is 0 Å². The number of nitrogens with zero attached hydrogens (tertiary/aromatic N) is 2. The number of hydrogen-bond acceptors (Lipinski definition) is 9. The zero-order valence-electron chi connectivity index (χ0n) is 31.7. The summed E-state index contributed by atoms with van der Waals surface area (Å²) in [5, 5.41) is 11.3.